The number of fused-ring (bicyclic) bond motifs is 10. The lowest BCUT2D eigenvalue weighted by molar-refractivity contribution is 1.17. The van der Waals surface area contributed by atoms with Gasteiger partial charge in [0.25, 0.3) is 0 Å². The fourth-order valence-electron chi connectivity index (χ4n) is 8.87. The summed E-state index contributed by atoms with van der Waals surface area (Å²) in [7, 11) is 6.52. The molecule has 2 N–H and O–H groups in total. The molecule has 0 spiro atoms. The predicted octanol–water partition coefficient (Wildman–Crippen LogP) is 16.4. The molecule has 0 fully saturated rings. The van der Waals surface area contributed by atoms with E-state index in [9.17, 15) is 0 Å². The second kappa shape index (κ2) is 17.7. The maximum absolute atomic E-state index is 6.52. The second-order valence-corrected chi connectivity index (χ2v) is 18.1. The fourth-order valence-corrected chi connectivity index (χ4v) is 11.5. The monoisotopic (exact) mass is 875 g/mol. The Balaban J connectivity index is 1.40. The summed E-state index contributed by atoms with van der Waals surface area (Å²) < 4.78 is 2.39. The molecule has 2 heterocycles. The van der Waals surface area contributed by atoms with Crippen molar-refractivity contribution in [2.24, 2.45) is 5.73 Å². The topological polar surface area (TPSA) is 32.5 Å². The Morgan fingerprint density at radius 3 is 2.05 bits per heavy atom. The summed E-state index contributed by atoms with van der Waals surface area (Å²) in [5.74, 6) is 0. The van der Waals surface area contributed by atoms with Crippen molar-refractivity contribution in [1.82, 2.24) is 0 Å². The molecule has 0 amide bonds. The van der Waals surface area contributed by atoms with Crippen LogP contribution in [0, 0.1) is 0 Å². The minimum Gasteiger partial charge on any atom is -0.399 e. The number of hydrogen-bond donors (Lipinski definition) is 2. The molecular formula is C57H42BN3S3. The Bertz CT molecular complexity index is 3260. The van der Waals surface area contributed by atoms with Crippen molar-refractivity contribution in [3.8, 4) is 22.3 Å². The van der Waals surface area contributed by atoms with Crippen LogP contribution in [0.1, 0.15) is 11.1 Å². The van der Waals surface area contributed by atoms with Gasteiger partial charge in [-0.2, -0.15) is 0 Å². The van der Waals surface area contributed by atoms with Gasteiger partial charge in [0.2, 0.25) is 0 Å². The number of anilines is 5. The van der Waals surface area contributed by atoms with Gasteiger partial charge in [0, 0.05) is 79.9 Å². The van der Waals surface area contributed by atoms with Gasteiger partial charge < -0.3 is 15.5 Å². The third-order valence-corrected chi connectivity index (χ3v) is 14.3. The summed E-state index contributed by atoms with van der Waals surface area (Å²) in [4.78, 5) is 7.69. The van der Waals surface area contributed by atoms with Gasteiger partial charge in [-0.15, -0.1) is 24.0 Å². The molecule has 0 saturated carbocycles. The molecule has 306 valence electrons. The number of nitrogens with zero attached hydrogens (tertiary/aromatic N) is 2. The van der Waals surface area contributed by atoms with Crippen LogP contribution < -0.4 is 15.5 Å². The number of hydrogen-bond acceptors (Lipinski definition) is 6. The largest absolute Gasteiger partial charge is 0.399 e. The summed E-state index contributed by atoms with van der Waals surface area (Å²) in [6.07, 6.45) is 6.44. The number of nitrogens with two attached hydrogens (primary N) is 1. The number of para-hydroxylation sites is 2. The predicted molar refractivity (Wildman–Crippen MR) is 281 cm³/mol. The van der Waals surface area contributed by atoms with Crippen molar-refractivity contribution in [3.05, 3.63) is 230 Å². The molecule has 64 heavy (non-hydrogen) atoms. The Morgan fingerprint density at radius 2 is 1.34 bits per heavy atom. The van der Waals surface area contributed by atoms with Gasteiger partial charge in [-0.05, 0) is 83.4 Å². The summed E-state index contributed by atoms with van der Waals surface area (Å²) in [6.45, 7) is 8.48. The van der Waals surface area contributed by atoms with Gasteiger partial charge >= 0.3 is 0 Å². The van der Waals surface area contributed by atoms with E-state index in [2.05, 4.69) is 199 Å². The molecule has 2 radical (unpaired) electrons. The van der Waals surface area contributed by atoms with E-state index in [4.69, 9.17) is 26.2 Å². The molecular weight excluding hydrogens is 834 g/mol. The summed E-state index contributed by atoms with van der Waals surface area (Å²) >= 11 is 9.15. The number of rotatable bonds is 11. The molecule has 10 rings (SSSR count). The van der Waals surface area contributed by atoms with Crippen molar-refractivity contribution in [2.75, 3.05) is 9.80 Å². The second-order valence-electron chi connectivity index (χ2n) is 15.4. The van der Waals surface area contributed by atoms with Gasteiger partial charge in [-0.3, -0.25) is 0 Å². The molecule has 0 atom stereocenters. The van der Waals surface area contributed by atoms with Crippen LogP contribution in [0.5, 0.6) is 0 Å². The minimum atomic E-state index is 0.329. The van der Waals surface area contributed by atoms with Crippen molar-refractivity contribution in [1.29, 1.82) is 0 Å². The summed E-state index contributed by atoms with van der Waals surface area (Å²) in [5, 5.41) is 2.33. The molecule has 3 nitrogen and oxygen atoms in total. The number of benzene rings is 8. The zero-order valence-electron chi connectivity index (χ0n) is 35.0. The number of thiol groups is 1. The SMILES string of the molecule is [B]C/C=C(\C(=C/C=C)N1c2cc(N(c3ccccc3)c3ccccc3)cc(c2S)-c2cccc(Sc3ccccc3C(=C)N)c2-c2ccc3sc4ccccc4c3c21)c1ccccc1. The molecule has 0 aliphatic carbocycles. The number of thiophene rings is 1. The van der Waals surface area contributed by atoms with Gasteiger partial charge in [-0.1, -0.05) is 165 Å². The Labute approximate surface area is 390 Å². The van der Waals surface area contributed by atoms with E-state index in [1.165, 1.54) is 14.8 Å². The normalized spacial score (nSPS) is 12.4. The van der Waals surface area contributed by atoms with Crippen LogP contribution >= 0.6 is 35.7 Å². The van der Waals surface area contributed by atoms with Crippen LogP contribution in [0.15, 0.2) is 234 Å². The molecule has 1 aliphatic heterocycles. The third kappa shape index (κ3) is 7.35. The zero-order chi connectivity index (χ0) is 43.7. The molecule has 2 bridgehead atoms. The fraction of sp³-hybridized carbons (Fsp3) is 0.0175. The van der Waals surface area contributed by atoms with Crippen LogP contribution in [0.3, 0.4) is 0 Å². The molecule has 1 aliphatic rings. The highest BCUT2D eigenvalue weighted by Crippen LogP contribution is 2.58. The first kappa shape index (κ1) is 41.1. The molecule has 7 heteroatoms. The standard InChI is InChI=1S/C57H42BN3S3/c1-3-18-48(43(33-34-58)38-19-7-4-8-20-38)61-49-36-41(60(39-21-9-5-10-22-39)40-23-11-6-12-24-40)35-47(57(49)62)44-27-17-30-52(63-50-28-15-13-25-42(50)37(2)59)54(44)46-31-32-53-55(56(46)61)45-26-14-16-29-51(45)64-53/h3-33,35-36,62H,1-2,34,59H2/b43-33-,48-18+. The third-order valence-electron chi connectivity index (χ3n) is 11.6. The van der Waals surface area contributed by atoms with Crippen LogP contribution in [0.25, 0.3) is 53.7 Å². The molecule has 1 aromatic heterocycles. The highest BCUT2D eigenvalue weighted by molar-refractivity contribution is 7.99. The minimum absolute atomic E-state index is 0.329. The lowest BCUT2D eigenvalue weighted by Crippen LogP contribution is -2.22. The van der Waals surface area contributed by atoms with E-state index in [1.54, 1.807) is 23.1 Å². The lowest BCUT2D eigenvalue weighted by atomic mass is 9.87. The van der Waals surface area contributed by atoms with Crippen LogP contribution in [-0.4, -0.2) is 7.85 Å². The first-order valence-corrected chi connectivity index (χ1v) is 23.2. The highest BCUT2D eigenvalue weighted by atomic mass is 32.2. The maximum atomic E-state index is 6.52. The highest BCUT2D eigenvalue weighted by Gasteiger charge is 2.33. The van der Waals surface area contributed by atoms with E-state index < -0.39 is 0 Å². The quantitative estimate of drug-likeness (QED) is 0.0770. The van der Waals surface area contributed by atoms with Crippen molar-refractivity contribution in [3.63, 3.8) is 0 Å². The molecule has 0 unspecified atom stereocenters. The van der Waals surface area contributed by atoms with Crippen molar-refractivity contribution >= 4 is 103 Å². The maximum Gasteiger partial charge on any atom is 0.0708 e. The Kier molecular flexibility index (Phi) is 11.4. The van der Waals surface area contributed by atoms with Crippen LogP contribution in [-0.2, 0) is 0 Å². The smallest absolute Gasteiger partial charge is 0.0708 e. The molecule has 9 aromatic rings. The van der Waals surface area contributed by atoms with E-state index >= 15 is 0 Å². The van der Waals surface area contributed by atoms with Gasteiger partial charge in [0.1, 0.15) is 0 Å². The van der Waals surface area contributed by atoms with Crippen LogP contribution in [0.2, 0.25) is 6.32 Å². The Hall–Kier alpha value is -6.90. The average molecular weight is 876 g/mol. The van der Waals surface area contributed by atoms with Crippen molar-refractivity contribution < 1.29 is 0 Å². The van der Waals surface area contributed by atoms with Crippen molar-refractivity contribution in [2.45, 2.75) is 21.0 Å². The number of allylic oxidation sites excluding steroid dienone is 4. The van der Waals surface area contributed by atoms with Gasteiger partial charge in [0.15, 0.2) is 0 Å². The lowest BCUT2D eigenvalue weighted by Gasteiger charge is -2.37. The first-order chi connectivity index (χ1) is 31.4. The Morgan fingerprint density at radius 1 is 0.688 bits per heavy atom. The molecule has 0 saturated heterocycles. The summed E-state index contributed by atoms with van der Waals surface area (Å²) in [5.41, 5.74) is 20.1. The van der Waals surface area contributed by atoms with Crippen LogP contribution in [0.4, 0.5) is 28.4 Å². The molecule has 8 aromatic carbocycles. The average Bonchev–Trinajstić information content (AvgIpc) is 3.71. The zero-order valence-corrected chi connectivity index (χ0v) is 37.5. The van der Waals surface area contributed by atoms with E-state index in [-0.39, 0.29) is 0 Å². The van der Waals surface area contributed by atoms with E-state index in [0.29, 0.717) is 12.0 Å². The summed E-state index contributed by atoms with van der Waals surface area (Å²) in [6, 6.07) is 64.4. The van der Waals surface area contributed by atoms with Gasteiger partial charge in [0.05, 0.1) is 24.9 Å². The van der Waals surface area contributed by atoms with E-state index in [0.717, 1.165) is 93.2 Å². The first-order valence-electron chi connectivity index (χ1n) is 21.1. The van der Waals surface area contributed by atoms with Gasteiger partial charge in [-0.25, -0.2) is 0 Å². The van der Waals surface area contributed by atoms with E-state index in [1.807, 2.05) is 24.3 Å².